The van der Waals surface area contributed by atoms with Gasteiger partial charge in [-0.2, -0.15) is 0 Å². The molecule has 13 heteroatoms. The predicted molar refractivity (Wildman–Crippen MR) is 207 cm³/mol. The van der Waals surface area contributed by atoms with Crippen LogP contribution >= 0.6 is 24.0 Å². The Morgan fingerprint density at radius 1 is 0.943 bits per heavy atom. The highest BCUT2D eigenvalue weighted by atomic mass is 32.2. The summed E-state index contributed by atoms with van der Waals surface area (Å²) in [7, 11) is 0. The number of nitrogens with one attached hydrogen (secondary N) is 1. The van der Waals surface area contributed by atoms with Crippen molar-refractivity contribution in [1.82, 2.24) is 0 Å². The van der Waals surface area contributed by atoms with Crippen LogP contribution in [-0.4, -0.2) is 41.2 Å². The number of rotatable bonds is 15. The fraction of sp³-hybridized carbons (Fsp3) is 0.150. The van der Waals surface area contributed by atoms with Gasteiger partial charge in [0.25, 0.3) is 5.09 Å². The monoisotopic (exact) mass is 752 g/mol. The lowest BCUT2D eigenvalue weighted by Crippen LogP contribution is -2.17. The van der Waals surface area contributed by atoms with E-state index in [1.807, 2.05) is 43.5 Å². The summed E-state index contributed by atoms with van der Waals surface area (Å²) in [5.41, 5.74) is 5.61. The number of hydrogen-bond donors (Lipinski definition) is 1. The van der Waals surface area contributed by atoms with Crippen LogP contribution in [0.15, 0.2) is 101 Å². The first-order valence-corrected chi connectivity index (χ1v) is 18.0. The van der Waals surface area contributed by atoms with Crippen molar-refractivity contribution >= 4 is 76.2 Å². The molecular weight excluding hydrogens is 720 g/mol. The lowest BCUT2D eigenvalue weighted by atomic mass is 10.0. The molecule has 0 unspecified atom stereocenters. The number of thioether (sulfide) groups is 1. The third-order valence-electron chi connectivity index (χ3n) is 8.10. The van der Waals surface area contributed by atoms with Gasteiger partial charge in [-0.15, -0.1) is 21.9 Å². The van der Waals surface area contributed by atoms with Crippen LogP contribution in [-0.2, 0) is 14.4 Å². The number of esters is 2. The summed E-state index contributed by atoms with van der Waals surface area (Å²) in [6, 6.07) is 23.3. The van der Waals surface area contributed by atoms with E-state index in [9.17, 15) is 28.9 Å². The van der Waals surface area contributed by atoms with E-state index in [1.165, 1.54) is 35.7 Å². The first-order chi connectivity index (χ1) is 25.5. The second kappa shape index (κ2) is 18.0. The van der Waals surface area contributed by atoms with Gasteiger partial charge in [0, 0.05) is 22.4 Å². The third-order valence-corrected chi connectivity index (χ3v) is 9.01. The number of ether oxygens (including phenoxy) is 2. The molecule has 1 N–H and O–H groups in total. The van der Waals surface area contributed by atoms with Gasteiger partial charge in [0.15, 0.2) is 0 Å². The van der Waals surface area contributed by atoms with E-state index in [-0.39, 0.29) is 48.6 Å². The number of halogens is 1. The molecule has 0 aliphatic heterocycles. The van der Waals surface area contributed by atoms with E-state index in [0.29, 0.717) is 11.1 Å². The molecule has 0 bridgehead atoms. The first-order valence-electron chi connectivity index (χ1n) is 16.3. The lowest BCUT2D eigenvalue weighted by molar-refractivity contribution is -0.757. The highest BCUT2D eigenvalue weighted by Gasteiger charge is 2.26. The SMILES string of the molecule is CSc1ccc(/C=C2/C(C)=C(CC(=O)Nc3ccc(OC(=O)CCCO[N+](=O)[O-])c(C(=O)Oc4ccc(/C=C/C=S)cc4)c3)c3cc(F)ccc32)cc1. The van der Waals surface area contributed by atoms with Crippen LogP contribution in [0.4, 0.5) is 10.1 Å². The smallest absolute Gasteiger partial charge is 0.347 e. The van der Waals surface area contributed by atoms with Crippen LogP contribution in [0.2, 0.25) is 0 Å². The minimum absolute atomic E-state index is 0.00124. The van der Waals surface area contributed by atoms with Crippen molar-refractivity contribution in [2.75, 3.05) is 18.2 Å². The number of anilines is 1. The maximum absolute atomic E-state index is 14.5. The van der Waals surface area contributed by atoms with Crippen molar-refractivity contribution in [1.29, 1.82) is 0 Å². The van der Waals surface area contributed by atoms with Crippen molar-refractivity contribution in [3.05, 3.63) is 140 Å². The molecule has 5 rings (SSSR count). The number of carbonyl (C=O) groups is 3. The molecule has 1 aliphatic carbocycles. The fourth-order valence-corrected chi connectivity index (χ4v) is 6.05. The molecule has 0 heterocycles. The number of allylic oxidation sites excluding steroid dienone is 3. The topological polar surface area (TPSA) is 134 Å². The molecule has 10 nitrogen and oxygen atoms in total. The Kier molecular flexibility index (Phi) is 13.0. The number of fused-ring (bicyclic) bond motifs is 1. The average Bonchev–Trinajstić information content (AvgIpc) is 3.38. The number of thiocarbonyl (C=S) groups is 1. The number of hydrogen-bond acceptors (Lipinski definition) is 10. The van der Waals surface area contributed by atoms with E-state index >= 15 is 0 Å². The molecule has 4 aromatic rings. The standard InChI is InChI=1S/C40H33FN2O8S2/c1-25-33(21-27-9-15-31(53-2)16-10-27)32-17-11-28(41)22-35(32)34(25)24-38(44)42-29-12-18-37(51-39(45)6-3-19-49-43(47)48)36(23-29)40(46)50-30-13-7-26(8-14-30)5-4-20-52/h4-5,7-18,20-23H,3,6,19,24H2,1-2H3,(H,42,44)/b5-4+,33-21-. The Labute approximate surface area is 314 Å². The lowest BCUT2D eigenvalue weighted by Gasteiger charge is -2.13. The molecular formula is C40H33FN2O8S2. The molecule has 0 saturated carbocycles. The van der Waals surface area contributed by atoms with Gasteiger partial charge in [0.1, 0.15) is 22.9 Å². The molecule has 0 spiro atoms. The van der Waals surface area contributed by atoms with Crippen LogP contribution in [0.25, 0.3) is 23.3 Å². The van der Waals surface area contributed by atoms with Gasteiger partial charge < -0.3 is 19.6 Å². The maximum atomic E-state index is 14.5. The molecule has 0 saturated heterocycles. The van der Waals surface area contributed by atoms with Gasteiger partial charge >= 0.3 is 11.9 Å². The normalized spacial score (nSPS) is 12.8. The second-order valence-corrected chi connectivity index (χ2v) is 12.8. The number of carbonyl (C=O) groups excluding carboxylic acids is 3. The number of nitrogens with zero attached hydrogens (tertiary/aromatic N) is 1. The highest BCUT2D eigenvalue weighted by Crippen LogP contribution is 2.44. The average molecular weight is 753 g/mol. The highest BCUT2D eigenvalue weighted by molar-refractivity contribution is 7.98. The molecule has 0 aromatic heterocycles. The molecule has 1 amide bonds. The minimum Gasteiger partial charge on any atom is -0.426 e. The van der Waals surface area contributed by atoms with E-state index in [1.54, 1.807) is 54.2 Å². The van der Waals surface area contributed by atoms with Crippen molar-refractivity contribution in [3.8, 4) is 11.5 Å². The summed E-state index contributed by atoms with van der Waals surface area (Å²) < 4.78 is 25.5. The van der Waals surface area contributed by atoms with E-state index in [2.05, 4.69) is 10.2 Å². The molecule has 270 valence electrons. The summed E-state index contributed by atoms with van der Waals surface area (Å²) in [6.07, 6.45) is 7.15. The Morgan fingerprint density at radius 3 is 2.38 bits per heavy atom. The Balaban J connectivity index is 1.38. The largest absolute Gasteiger partial charge is 0.426 e. The van der Waals surface area contributed by atoms with Gasteiger partial charge in [-0.1, -0.05) is 54.7 Å². The van der Waals surface area contributed by atoms with Crippen LogP contribution < -0.4 is 14.8 Å². The number of benzene rings is 4. The number of amides is 1. The Hall–Kier alpha value is -5.92. The van der Waals surface area contributed by atoms with E-state index < -0.39 is 28.7 Å². The van der Waals surface area contributed by atoms with Crippen molar-refractivity contribution < 1.29 is 38.2 Å². The fourth-order valence-electron chi connectivity index (χ4n) is 5.56. The zero-order chi connectivity index (χ0) is 37.9. The van der Waals surface area contributed by atoms with Crippen LogP contribution in [0.5, 0.6) is 11.5 Å². The van der Waals surface area contributed by atoms with Gasteiger partial charge in [-0.25, -0.2) is 9.18 Å². The van der Waals surface area contributed by atoms with Crippen LogP contribution in [0.1, 0.15) is 58.8 Å². The summed E-state index contributed by atoms with van der Waals surface area (Å²) in [5, 5.41) is 13.7. The zero-order valence-electron chi connectivity index (χ0n) is 28.6. The molecule has 0 atom stereocenters. The predicted octanol–water partition coefficient (Wildman–Crippen LogP) is 9.03. The van der Waals surface area contributed by atoms with Crippen molar-refractivity contribution in [2.45, 2.75) is 31.1 Å². The zero-order valence-corrected chi connectivity index (χ0v) is 30.3. The molecule has 0 radical (unpaired) electrons. The summed E-state index contributed by atoms with van der Waals surface area (Å²) in [6.45, 7) is 1.58. The van der Waals surface area contributed by atoms with Crippen LogP contribution in [0, 0.1) is 15.9 Å². The van der Waals surface area contributed by atoms with E-state index in [0.717, 1.165) is 32.7 Å². The molecule has 4 aromatic carbocycles. The molecule has 53 heavy (non-hydrogen) atoms. The molecule has 1 aliphatic rings. The van der Waals surface area contributed by atoms with Gasteiger partial charge in [0.05, 0.1) is 13.0 Å². The van der Waals surface area contributed by atoms with Crippen molar-refractivity contribution in [2.24, 2.45) is 0 Å². The minimum atomic E-state index is -0.962. The molecule has 0 fully saturated rings. The summed E-state index contributed by atoms with van der Waals surface area (Å²) in [4.78, 5) is 55.3. The maximum Gasteiger partial charge on any atom is 0.347 e. The van der Waals surface area contributed by atoms with Crippen molar-refractivity contribution in [3.63, 3.8) is 0 Å². The van der Waals surface area contributed by atoms with Gasteiger partial charge in [-0.3, -0.25) is 9.59 Å². The van der Waals surface area contributed by atoms with E-state index in [4.69, 9.17) is 21.7 Å². The first kappa shape index (κ1) is 38.3. The Morgan fingerprint density at radius 2 is 1.68 bits per heavy atom. The summed E-state index contributed by atoms with van der Waals surface area (Å²) in [5.74, 6) is -2.45. The summed E-state index contributed by atoms with van der Waals surface area (Å²) >= 11 is 6.44. The second-order valence-electron chi connectivity index (χ2n) is 11.6. The Bertz CT molecular complexity index is 2140. The van der Waals surface area contributed by atoms with Crippen LogP contribution in [0.3, 0.4) is 0 Å². The third kappa shape index (κ3) is 10.3. The van der Waals surface area contributed by atoms with Gasteiger partial charge in [-0.05, 0) is 119 Å². The van der Waals surface area contributed by atoms with Gasteiger partial charge in [0.2, 0.25) is 5.91 Å². The quantitative estimate of drug-likeness (QED) is 0.0183.